The standard InChI is InChI=1S/C19H25ClO/c1-5-13-11-14(6-2)18(15(7-3)12-13)19(20)17-10-9-16(8-4)21-17/h9-12,19H,5-8H2,1-4H3. The molecule has 1 aromatic carbocycles. The number of rotatable bonds is 6. The van der Waals surface area contributed by atoms with Crippen LogP contribution in [0.2, 0.25) is 0 Å². The van der Waals surface area contributed by atoms with Gasteiger partial charge < -0.3 is 4.42 Å². The Morgan fingerprint density at radius 3 is 1.95 bits per heavy atom. The molecule has 0 bridgehead atoms. The Hall–Kier alpha value is -1.21. The number of benzene rings is 1. The molecule has 0 N–H and O–H groups in total. The summed E-state index contributed by atoms with van der Waals surface area (Å²) in [7, 11) is 0. The smallest absolute Gasteiger partial charge is 0.126 e. The summed E-state index contributed by atoms with van der Waals surface area (Å²) in [5, 5.41) is -0.193. The van der Waals surface area contributed by atoms with E-state index in [0.29, 0.717) is 0 Å². The number of furan rings is 1. The second-order valence-corrected chi connectivity index (χ2v) is 5.85. The van der Waals surface area contributed by atoms with Crippen LogP contribution in [0.5, 0.6) is 0 Å². The molecular formula is C19H25ClO. The van der Waals surface area contributed by atoms with Crippen molar-refractivity contribution in [3.05, 3.63) is 58.0 Å². The topological polar surface area (TPSA) is 13.1 Å². The Kier molecular flexibility index (Phi) is 5.52. The Morgan fingerprint density at radius 2 is 1.52 bits per heavy atom. The Labute approximate surface area is 133 Å². The first-order chi connectivity index (χ1) is 10.1. The first-order valence-electron chi connectivity index (χ1n) is 8.01. The van der Waals surface area contributed by atoms with Crippen molar-refractivity contribution in [2.45, 2.75) is 58.8 Å². The monoisotopic (exact) mass is 304 g/mol. The fraction of sp³-hybridized carbons (Fsp3) is 0.474. The van der Waals surface area contributed by atoms with Gasteiger partial charge in [-0.3, -0.25) is 0 Å². The van der Waals surface area contributed by atoms with Crippen molar-refractivity contribution >= 4 is 11.6 Å². The van der Waals surface area contributed by atoms with Crippen LogP contribution in [0.15, 0.2) is 28.7 Å². The van der Waals surface area contributed by atoms with Gasteiger partial charge in [-0.05, 0) is 53.6 Å². The minimum atomic E-state index is -0.193. The lowest BCUT2D eigenvalue weighted by atomic mass is 9.91. The molecule has 2 rings (SSSR count). The summed E-state index contributed by atoms with van der Waals surface area (Å²) in [6.45, 7) is 8.69. The molecule has 0 saturated heterocycles. The number of hydrogen-bond acceptors (Lipinski definition) is 1. The summed E-state index contributed by atoms with van der Waals surface area (Å²) in [6, 6.07) is 8.65. The van der Waals surface area contributed by atoms with Crippen molar-refractivity contribution in [1.29, 1.82) is 0 Å². The predicted octanol–water partition coefficient (Wildman–Crippen LogP) is 5.86. The van der Waals surface area contributed by atoms with Gasteiger partial charge in [0.1, 0.15) is 16.9 Å². The summed E-state index contributed by atoms with van der Waals surface area (Å²) in [4.78, 5) is 0. The molecular weight excluding hydrogens is 280 g/mol. The molecule has 1 aromatic heterocycles. The first kappa shape index (κ1) is 16.2. The number of hydrogen-bond donors (Lipinski definition) is 0. The van der Waals surface area contributed by atoms with Gasteiger partial charge in [-0.15, -0.1) is 11.6 Å². The van der Waals surface area contributed by atoms with Crippen LogP contribution < -0.4 is 0 Å². The third-order valence-corrected chi connectivity index (χ3v) is 4.55. The SMILES string of the molecule is CCc1cc(CC)c(C(Cl)c2ccc(CC)o2)c(CC)c1. The predicted molar refractivity (Wildman–Crippen MR) is 90.4 cm³/mol. The van der Waals surface area contributed by atoms with Crippen LogP contribution in [-0.2, 0) is 25.7 Å². The lowest BCUT2D eigenvalue weighted by Crippen LogP contribution is -2.04. The van der Waals surface area contributed by atoms with Crippen molar-refractivity contribution in [2.24, 2.45) is 0 Å². The summed E-state index contributed by atoms with van der Waals surface area (Å²) in [5.41, 5.74) is 5.34. The third-order valence-electron chi connectivity index (χ3n) is 4.12. The largest absolute Gasteiger partial charge is 0.464 e. The minimum absolute atomic E-state index is 0.193. The average molecular weight is 305 g/mol. The fourth-order valence-electron chi connectivity index (χ4n) is 2.83. The van der Waals surface area contributed by atoms with Crippen LogP contribution in [-0.4, -0.2) is 0 Å². The molecule has 1 heterocycles. The second-order valence-electron chi connectivity index (χ2n) is 5.41. The van der Waals surface area contributed by atoms with Crippen molar-refractivity contribution in [3.8, 4) is 0 Å². The molecule has 0 radical (unpaired) electrons. The maximum absolute atomic E-state index is 6.77. The highest BCUT2D eigenvalue weighted by molar-refractivity contribution is 6.22. The van der Waals surface area contributed by atoms with E-state index in [-0.39, 0.29) is 5.38 Å². The first-order valence-corrected chi connectivity index (χ1v) is 8.45. The molecule has 0 fully saturated rings. The van der Waals surface area contributed by atoms with E-state index in [1.807, 2.05) is 12.1 Å². The van der Waals surface area contributed by atoms with Crippen molar-refractivity contribution in [1.82, 2.24) is 0 Å². The zero-order valence-corrected chi connectivity index (χ0v) is 14.3. The van der Waals surface area contributed by atoms with Gasteiger partial charge in [0, 0.05) is 6.42 Å². The molecule has 21 heavy (non-hydrogen) atoms. The quantitative estimate of drug-likeness (QED) is 0.609. The van der Waals surface area contributed by atoms with Gasteiger partial charge in [-0.25, -0.2) is 0 Å². The summed E-state index contributed by atoms with van der Waals surface area (Å²) in [5.74, 6) is 1.86. The van der Waals surface area contributed by atoms with E-state index >= 15 is 0 Å². The lowest BCUT2D eigenvalue weighted by molar-refractivity contribution is 0.473. The van der Waals surface area contributed by atoms with Crippen molar-refractivity contribution in [3.63, 3.8) is 0 Å². The molecule has 114 valence electrons. The molecule has 1 nitrogen and oxygen atoms in total. The molecule has 0 aliphatic carbocycles. The number of halogens is 1. The zero-order chi connectivity index (χ0) is 15.4. The lowest BCUT2D eigenvalue weighted by Gasteiger charge is -2.18. The molecule has 2 heteroatoms. The van der Waals surface area contributed by atoms with Crippen molar-refractivity contribution < 1.29 is 4.42 Å². The molecule has 0 saturated carbocycles. The summed E-state index contributed by atoms with van der Waals surface area (Å²) < 4.78 is 5.87. The Bertz CT molecular complexity index is 572. The van der Waals surface area contributed by atoms with Gasteiger partial charge in [-0.2, -0.15) is 0 Å². The Morgan fingerprint density at radius 1 is 0.905 bits per heavy atom. The van der Waals surface area contributed by atoms with E-state index < -0.39 is 0 Å². The average Bonchev–Trinajstić information content (AvgIpc) is 3.01. The molecule has 0 spiro atoms. The van der Waals surface area contributed by atoms with E-state index in [2.05, 4.69) is 39.8 Å². The Balaban J connectivity index is 2.50. The summed E-state index contributed by atoms with van der Waals surface area (Å²) >= 11 is 6.77. The van der Waals surface area contributed by atoms with Gasteiger partial charge in [-0.1, -0.05) is 39.8 Å². The van der Waals surface area contributed by atoms with Gasteiger partial charge >= 0.3 is 0 Å². The van der Waals surface area contributed by atoms with Gasteiger partial charge in [0.2, 0.25) is 0 Å². The maximum atomic E-state index is 6.77. The molecule has 0 aliphatic rings. The molecule has 1 unspecified atom stereocenters. The van der Waals surface area contributed by atoms with Crippen LogP contribution in [0.4, 0.5) is 0 Å². The second kappa shape index (κ2) is 7.17. The number of aryl methyl sites for hydroxylation is 4. The highest BCUT2D eigenvalue weighted by Gasteiger charge is 2.21. The highest BCUT2D eigenvalue weighted by atomic mass is 35.5. The van der Waals surface area contributed by atoms with E-state index in [4.69, 9.17) is 16.0 Å². The summed E-state index contributed by atoms with van der Waals surface area (Å²) in [6.07, 6.45) is 3.97. The van der Waals surface area contributed by atoms with E-state index in [1.165, 1.54) is 22.3 Å². The molecule has 2 aromatic rings. The van der Waals surface area contributed by atoms with Crippen LogP contribution in [0.1, 0.15) is 66.8 Å². The van der Waals surface area contributed by atoms with E-state index in [0.717, 1.165) is 37.2 Å². The van der Waals surface area contributed by atoms with E-state index in [1.54, 1.807) is 0 Å². The fourth-order valence-corrected chi connectivity index (χ4v) is 3.23. The van der Waals surface area contributed by atoms with Crippen LogP contribution in [0, 0.1) is 0 Å². The van der Waals surface area contributed by atoms with Crippen LogP contribution >= 0.6 is 11.6 Å². The van der Waals surface area contributed by atoms with Crippen molar-refractivity contribution in [2.75, 3.05) is 0 Å². The van der Waals surface area contributed by atoms with Crippen LogP contribution in [0.25, 0.3) is 0 Å². The maximum Gasteiger partial charge on any atom is 0.126 e. The molecule has 0 aliphatic heterocycles. The van der Waals surface area contributed by atoms with Crippen LogP contribution in [0.3, 0.4) is 0 Å². The van der Waals surface area contributed by atoms with E-state index in [9.17, 15) is 0 Å². The van der Waals surface area contributed by atoms with Gasteiger partial charge in [0.15, 0.2) is 0 Å². The van der Waals surface area contributed by atoms with Gasteiger partial charge in [0.05, 0.1) is 0 Å². The number of alkyl halides is 1. The molecule has 1 atom stereocenters. The third kappa shape index (κ3) is 3.35. The zero-order valence-electron chi connectivity index (χ0n) is 13.5. The highest BCUT2D eigenvalue weighted by Crippen LogP contribution is 2.36. The van der Waals surface area contributed by atoms with Gasteiger partial charge in [0.25, 0.3) is 0 Å². The molecule has 0 amide bonds. The normalized spacial score (nSPS) is 12.6. The minimum Gasteiger partial charge on any atom is -0.464 e.